The molecule has 1 aliphatic carbocycles. The minimum absolute atomic E-state index is 0.370. The van der Waals surface area contributed by atoms with Gasteiger partial charge in [0.2, 0.25) is 5.95 Å². The van der Waals surface area contributed by atoms with Crippen molar-refractivity contribution in [2.75, 3.05) is 18.4 Å². The normalized spacial score (nSPS) is 33.9. The van der Waals surface area contributed by atoms with Gasteiger partial charge in [-0.2, -0.15) is 12.6 Å². The van der Waals surface area contributed by atoms with Gasteiger partial charge < -0.3 is 5.32 Å². The van der Waals surface area contributed by atoms with Gasteiger partial charge in [0.25, 0.3) is 0 Å². The number of anilines is 1. The Bertz CT molecular complexity index is 371. The number of hydrogen-bond donors (Lipinski definition) is 2. The minimum atomic E-state index is 0.370. The smallest absolute Gasteiger partial charge is 0.222 e. The molecule has 0 spiro atoms. The Balaban J connectivity index is 1.62. The van der Waals surface area contributed by atoms with Gasteiger partial charge in [0.15, 0.2) is 0 Å². The second-order valence-corrected chi connectivity index (χ2v) is 5.83. The average Bonchev–Trinajstić information content (AvgIpc) is 2.37. The Labute approximate surface area is 107 Å². The van der Waals surface area contributed by atoms with Crippen LogP contribution in [0.1, 0.15) is 13.3 Å². The molecule has 3 aliphatic rings. The highest BCUT2D eigenvalue weighted by molar-refractivity contribution is 7.80. The monoisotopic (exact) mass is 250 g/mol. The second-order valence-electron chi connectivity index (χ2n) is 5.08. The molecule has 17 heavy (non-hydrogen) atoms. The van der Waals surface area contributed by atoms with E-state index in [0.717, 1.165) is 30.9 Å². The van der Waals surface area contributed by atoms with Crippen LogP contribution in [0.5, 0.6) is 0 Å². The van der Waals surface area contributed by atoms with Crippen molar-refractivity contribution in [3.8, 4) is 0 Å². The molecule has 1 aromatic heterocycles. The summed E-state index contributed by atoms with van der Waals surface area (Å²) in [7, 11) is 0. The van der Waals surface area contributed by atoms with Crippen LogP contribution in [-0.4, -0.2) is 39.4 Å². The standard InChI is InChI=1S/C12H18N4S/c1-8(17)16-6-9-5-10(7-16)11(9)15-12-13-3-2-4-14-12/h2-4,8-11,17H,5-7H2,1H3,(H,13,14,15). The van der Waals surface area contributed by atoms with E-state index in [1.54, 1.807) is 12.4 Å². The summed E-state index contributed by atoms with van der Waals surface area (Å²) in [5.74, 6) is 2.22. The zero-order valence-corrected chi connectivity index (χ0v) is 10.8. The summed E-state index contributed by atoms with van der Waals surface area (Å²) >= 11 is 4.51. The highest BCUT2D eigenvalue weighted by Crippen LogP contribution is 2.42. The molecule has 1 N–H and O–H groups in total. The summed E-state index contributed by atoms with van der Waals surface area (Å²) in [4.78, 5) is 10.9. The van der Waals surface area contributed by atoms with Crippen molar-refractivity contribution in [2.24, 2.45) is 11.8 Å². The molecule has 2 aliphatic heterocycles. The van der Waals surface area contributed by atoms with Crippen LogP contribution in [0.25, 0.3) is 0 Å². The molecule has 3 heterocycles. The van der Waals surface area contributed by atoms with Crippen molar-refractivity contribution >= 4 is 18.6 Å². The van der Waals surface area contributed by atoms with E-state index in [-0.39, 0.29) is 0 Å². The van der Waals surface area contributed by atoms with Gasteiger partial charge in [0, 0.05) is 36.9 Å². The molecule has 0 radical (unpaired) electrons. The Morgan fingerprint density at radius 2 is 2.00 bits per heavy atom. The lowest BCUT2D eigenvalue weighted by molar-refractivity contribution is 0.00874. The molecule has 4 rings (SSSR count). The largest absolute Gasteiger partial charge is 0.351 e. The number of nitrogens with zero attached hydrogens (tertiary/aromatic N) is 3. The number of piperidine rings is 2. The van der Waals surface area contributed by atoms with E-state index in [4.69, 9.17) is 0 Å². The van der Waals surface area contributed by atoms with Crippen LogP contribution in [0.15, 0.2) is 18.5 Å². The van der Waals surface area contributed by atoms with Gasteiger partial charge in [-0.3, -0.25) is 4.90 Å². The molecule has 2 saturated heterocycles. The number of nitrogens with one attached hydrogen (secondary N) is 1. The molecule has 0 aromatic carbocycles. The first kappa shape index (κ1) is 11.3. The zero-order chi connectivity index (χ0) is 11.8. The molecule has 3 atom stereocenters. The molecule has 1 saturated carbocycles. The predicted octanol–water partition coefficient (Wildman–Crippen LogP) is 1.48. The Hall–Kier alpha value is -0.810. The third kappa shape index (κ3) is 2.13. The van der Waals surface area contributed by atoms with E-state index >= 15 is 0 Å². The predicted molar refractivity (Wildman–Crippen MR) is 71.1 cm³/mol. The first-order chi connectivity index (χ1) is 8.24. The van der Waals surface area contributed by atoms with Crippen LogP contribution in [0.4, 0.5) is 5.95 Å². The fourth-order valence-corrected chi connectivity index (χ4v) is 3.18. The van der Waals surface area contributed by atoms with Gasteiger partial charge in [-0.25, -0.2) is 9.97 Å². The number of rotatable bonds is 3. The third-order valence-electron chi connectivity index (χ3n) is 3.95. The Kier molecular flexibility index (Phi) is 2.96. The van der Waals surface area contributed by atoms with Gasteiger partial charge in [0.1, 0.15) is 0 Å². The number of hydrogen-bond acceptors (Lipinski definition) is 5. The van der Waals surface area contributed by atoms with Crippen molar-refractivity contribution in [3.05, 3.63) is 18.5 Å². The van der Waals surface area contributed by atoms with E-state index in [1.807, 2.05) is 6.07 Å². The molecule has 3 fully saturated rings. The quantitative estimate of drug-likeness (QED) is 0.797. The van der Waals surface area contributed by atoms with E-state index in [2.05, 4.69) is 39.7 Å². The molecule has 5 heteroatoms. The molecule has 4 nitrogen and oxygen atoms in total. The lowest BCUT2D eigenvalue weighted by Crippen LogP contribution is -2.62. The lowest BCUT2D eigenvalue weighted by Gasteiger charge is -2.54. The highest BCUT2D eigenvalue weighted by atomic mass is 32.1. The van der Waals surface area contributed by atoms with Crippen LogP contribution in [0.2, 0.25) is 0 Å². The topological polar surface area (TPSA) is 41.0 Å². The van der Waals surface area contributed by atoms with Crippen molar-refractivity contribution in [1.29, 1.82) is 0 Å². The van der Waals surface area contributed by atoms with Crippen molar-refractivity contribution in [3.63, 3.8) is 0 Å². The molecule has 2 bridgehead atoms. The zero-order valence-electron chi connectivity index (χ0n) is 9.95. The van der Waals surface area contributed by atoms with Gasteiger partial charge in [0.05, 0.1) is 0 Å². The molecular weight excluding hydrogens is 232 g/mol. The highest BCUT2D eigenvalue weighted by Gasteiger charge is 2.47. The first-order valence-corrected chi connectivity index (χ1v) is 6.71. The Morgan fingerprint density at radius 3 is 2.59 bits per heavy atom. The summed E-state index contributed by atoms with van der Waals surface area (Å²) in [6.07, 6.45) is 4.90. The Morgan fingerprint density at radius 1 is 1.35 bits per heavy atom. The maximum atomic E-state index is 4.51. The van der Waals surface area contributed by atoms with Crippen LogP contribution >= 0.6 is 12.6 Å². The molecular formula is C12H18N4S. The summed E-state index contributed by atoms with van der Waals surface area (Å²) in [5.41, 5.74) is 0. The summed E-state index contributed by atoms with van der Waals surface area (Å²) in [6, 6.07) is 2.40. The maximum absolute atomic E-state index is 4.51. The second kappa shape index (κ2) is 4.46. The molecule has 1 aromatic rings. The van der Waals surface area contributed by atoms with E-state index in [9.17, 15) is 0 Å². The SMILES string of the molecule is CC(S)N1CC2CC(C1)C2Nc1ncccn1. The van der Waals surface area contributed by atoms with Gasteiger partial charge in [-0.1, -0.05) is 0 Å². The third-order valence-corrected chi connectivity index (χ3v) is 4.28. The first-order valence-electron chi connectivity index (χ1n) is 6.19. The van der Waals surface area contributed by atoms with Crippen LogP contribution < -0.4 is 5.32 Å². The van der Waals surface area contributed by atoms with E-state index in [0.29, 0.717) is 11.4 Å². The lowest BCUT2D eigenvalue weighted by atomic mass is 9.66. The van der Waals surface area contributed by atoms with Gasteiger partial charge in [-0.05, 0) is 31.2 Å². The minimum Gasteiger partial charge on any atom is -0.351 e. The number of thiol groups is 1. The van der Waals surface area contributed by atoms with Crippen LogP contribution in [0.3, 0.4) is 0 Å². The maximum Gasteiger partial charge on any atom is 0.222 e. The summed E-state index contributed by atoms with van der Waals surface area (Å²) in [6.45, 7) is 4.44. The molecule has 3 unspecified atom stereocenters. The summed E-state index contributed by atoms with van der Waals surface area (Å²) < 4.78 is 0. The van der Waals surface area contributed by atoms with Gasteiger partial charge in [-0.15, -0.1) is 0 Å². The average molecular weight is 250 g/mol. The van der Waals surface area contributed by atoms with E-state index < -0.39 is 0 Å². The van der Waals surface area contributed by atoms with Crippen molar-refractivity contribution < 1.29 is 0 Å². The van der Waals surface area contributed by atoms with Crippen LogP contribution in [0, 0.1) is 11.8 Å². The van der Waals surface area contributed by atoms with Crippen LogP contribution in [-0.2, 0) is 0 Å². The summed E-state index contributed by atoms with van der Waals surface area (Å²) in [5, 5.41) is 3.84. The fourth-order valence-electron chi connectivity index (χ4n) is 2.99. The van der Waals surface area contributed by atoms with E-state index in [1.165, 1.54) is 6.42 Å². The fraction of sp³-hybridized carbons (Fsp3) is 0.667. The number of fused-ring (bicyclic) bond motifs is 2. The van der Waals surface area contributed by atoms with Crippen molar-refractivity contribution in [1.82, 2.24) is 14.9 Å². The van der Waals surface area contributed by atoms with Crippen molar-refractivity contribution in [2.45, 2.75) is 24.8 Å². The number of aromatic nitrogens is 2. The van der Waals surface area contributed by atoms with Gasteiger partial charge >= 0.3 is 0 Å². The molecule has 92 valence electrons. The molecule has 0 amide bonds.